The van der Waals surface area contributed by atoms with Crippen LogP contribution in [0, 0.1) is 5.92 Å². The minimum Gasteiger partial charge on any atom is -0.385 e. The zero-order valence-electron chi connectivity index (χ0n) is 20.9. The highest BCUT2D eigenvalue weighted by molar-refractivity contribution is 6.06. The average molecular weight is 546 g/mol. The van der Waals surface area contributed by atoms with Crippen LogP contribution >= 0.6 is 0 Å². The van der Waals surface area contributed by atoms with Crippen molar-refractivity contribution in [2.75, 3.05) is 43.6 Å². The lowest BCUT2D eigenvalue weighted by Gasteiger charge is -2.33. The number of nitrogens with one attached hydrogen (secondary N) is 2. The molecule has 2 aromatic rings. The van der Waals surface area contributed by atoms with E-state index in [9.17, 15) is 35.9 Å². The molecule has 12 heteroatoms. The number of hydrogen-bond donors (Lipinski definition) is 2. The molecular formula is C26H29F6N3O3. The van der Waals surface area contributed by atoms with Crippen LogP contribution in [0.4, 0.5) is 37.7 Å². The highest BCUT2D eigenvalue weighted by Gasteiger charge is 2.37. The number of ether oxygens (including phenoxy) is 1. The topological polar surface area (TPSA) is 70.7 Å². The molecule has 2 amide bonds. The van der Waals surface area contributed by atoms with Gasteiger partial charge in [-0.2, -0.15) is 26.3 Å². The van der Waals surface area contributed by atoms with Gasteiger partial charge >= 0.3 is 12.4 Å². The summed E-state index contributed by atoms with van der Waals surface area (Å²) >= 11 is 0. The molecular weight excluding hydrogens is 516 g/mol. The number of amides is 2. The summed E-state index contributed by atoms with van der Waals surface area (Å²) in [5.41, 5.74) is -3.09. The van der Waals surface area contributed by atoms with E-state index in [4.69, 9.17) is 4.74 Å². The van der Waals surface area contributed by atoms with Crippen LogP contribution in [0.5, 0.6) is 0 Å². The van der Waals surface area contributed by atoms with Crippen molar-refractivity contribution >= 4 is 23.2 Å². The minimum atomic E-state index is -5.09. The second-order valence-electron chi connectivity index (χ2n) is 9.25. The lowest BCUT2D eigenvalue weighted by Crippen LogP contribution is -2.35. The average Bonchev–Trinajstić information content (AvgIpc) is 2.85. The fraction of sp³-hybridized carbons (Fsp3) is 0.462. The third-order valence-corrected chi connectivity index (χ3v) is 6.28. The second kappa shape index (κ2) is 12.1. The van der Waals surface area contributed by atoms with Gasteiger partial charge in [0.25, 0.3) is 11.8 Å². The molecule has 1 fully saturated rings. The second-order valence-corrected chi connectivity index (χ2v) is 9.25. The summed E-state index contributed by atoms with van der Waals surface area (Å²) in [5.74, 6) is -1.07. The Balaban J connectivity index is 1.91. The number of methoxy groups -OCH3 is 1. The van der Waals surface area contributed by atoms with Gasteiger partial charge in [0.1, 0.15) is 0 Å². The first kappa shape index (κ1) is 29.3. The van der Waals surface area contributed by atoms with E-state index in [2.05, 4.69) is 17.6 Å². The van der Waals surface area contributed by atoms with Crippen LogP contribution in [0.3, 0.4) is 0 Å². The summed E-state index contributed by atoms with van der Waals surface area (Å²) in [6.07, 6.45) is -7.77. The smallest absolute Gasteiger partial charge is 0.385 e. The molecule has 0 unspecified atom stereocenters. The molecule has 1 aliphatic rings. The van der Waals surface area contributed by atoms with Crippen molar-refractivity contribution in [3.8, 4) is 0 Å². The number of carbonyl (C=O) groups excluding carboxylic acids is 2. The maximum atomic E-state index is 13.2. The molecule has 1 saturated heterocycles. The number of piperidine rings is 1. The Kier molecular flexibility index (Phi) is 9.29. The lowest BCUT2D eigenvalue weighted by atomic mass is 9.97. The van der Waals surface area contributed by atoms with Gasteiger partial charge in [-0.15, -0.1) is 0 Å². The third kappa shape index (κ3) is 7.62. The van der Waals surface area contributed by atoms with Gasteiger partial charge in [0.2, 0.25) is 0 Å². The first-order valence-electron chi connectivity index (χ1n) is 12.1. The number of carbonyl (C=O) groups is 2. The number of rotatable bonds is 8. The zero-order valence-corrected chi connectivity index (χ0v) is 20.9. The molecule has 38 heavy (non-hydrogen) atoms. The van der Waals surface area contributed by atoms with Crippen LogP contribution in [-0.4, -0.2) is 45.2 Å². The van der Waals surface area contributed by atoms with Gasteiger partial charge in [-0.1, -0.05) is 6.92 Å². The fourth-order valence-electron chi connectivity index (χ4n) is 4.12. The maximum absolute atomic E-state index is 13.2. The Morgan fingerprint density at radius 1 is 0.947 bits per heavy atom. The quantitative estimate of drug-likeness (QED) is 0.316. The monoisotopic (exact) mass is 545 g/mol. The molecule has 3 rings (SSSR count). The molecule has 0 aromatic heterocycles. The first-order valence-corrected chi connectivity index (χ1v) is 12.1. The number of nitrogens with zero attached hydrogens (tertiary/aromatic N) is 1. The van der Waals surface area contributed by atoms with Crippen LogP contribution in [0.25, 0.3) is 0 Å². The summed E-state index contributed by atoms with van der Waals surface area (Å²) in [6.45, 7) is 4.31. The number of hydrogen-bond acceptors (Lipinski definition) is 4. The van der Waals surface area contributed by atoms with Gasteiger partial charge < -0.3 is 20.3 Å². The summed E-state index contributed by atoms with van der Waals surface area (Å²) in [7, 11) is 1.53. The number of anilines is 2. The summed E-state index contributed by atoms with van der Waals surface area (Å²) in [6, 6.07) is 5.12. The summed E-state index contributed by atoms with van der Waals surface area (Å²) in [4.78, 5) is 27.8. The minimum absolute atomic E-state index is 0.0446. The van der Waals surface area contributed by atoms with Crippen molar-refractivity contribution in [2.45, 2.75) is 38.5 Å². The molecule has 2 aromatic carbocycles. The van der Waals surface area contributed by atoms with E-state index < -0.39 is 40.9 Å². The molecule has 0 atom stereocenters. The van der Waals surface area contributed by atoms with E-state index in [1.54, 1.807) is 6.07 Å². The van der Waals surface area contributed by atoms with Gasteiger partial charge in [-0.25, -0.2) is 0 Å². The molecule has 0 aliphatic carbocycles. The summed E-state index contributed by atoms with van der Waals surface area (Å²) < 4.78 is 84.2. The predicted molar refractivity (Wildman–Crippen MR) is 130 cm³/mol. The van der Waals surface area contributed by atoms with Gasteiger partial charge in [0.15, 0.2) is 0 Å². The van der Waals surface area contributed by atoms with Crippen LogP contribution in [0.2, 0.25) is 0 Å². The normalized spacial score (nSPS) is 14.9. The van der Waals surface area contributed by atoms with E-state index in [-0.39, 0.29) is 17.3 Å². The Labute approximate surface area is 216 Å². The van der Waals surface area contributed by atoms with Crippen molar-refractivity contribution in [3.63, 3.8) is 0 Å². The van der Waals surface area contributed by atoms with Gasteiger partial charge in [-0.05, 0) is 61.6 Å². The molecule has 0 spiro atoms. The van der Waals surface area contributed by atoms with Crippen molar-refractivity contribution < 1.29 is 40.7 Å². The lowest BCUT2D eigenvalue weighted by molar-refractivity contribution is -0.143. The first-order chi connectivity index (χ1) is 17.8. The number of alkyl halides is 6. The summed E-state index contributed by atoms with van der Waals surface area (Å²) in [5, 5.41) is 5.11. The van der Waals surface area contributed by atoms with Crippen molar-refractivity contribution in [1.82, 2.24) is 5.32 Å². The van der Waals surface area contributed by atoms with Crippen LogP contribution in [0.1, 0.15) is 58.0 Å². The van der Waals surface area contributed by atoms with E-state index in [1.807, 2.05) is 4.90 Å². The highest BCUT2D eigenvalue weighted by Crippen LogP contribution is 2.36. The largest absolute Gasteiger partial charge is 0.416 e. The Bertz CT molecular complexity index is 1110. The molecule has 1 aliphatic heterocycles. The predicted octanol–water partition coefficient (Wildman–Crippen LogP) is 5.98. The Morgan fingerprint density at radius 2 is 1.55 bits per heavy atom. The van der Waals surface area contributed by atoms with Crippen molar-refractivity contribution in [3.05, 3.63) is 58.7 Å². The van der Waals surface area contributed by atoms with Gasteiger partial charge in [-0.3, -0.25) is 9.59 Å². The van der Waals surface area contributed by atoms with E-state index >= 15 is 0 Å². The third-order valence-electron chi connectivity index (χ3n) is 6.28. The molecule has 0 radical (unpaired) electrons. The molecule has 6 nitrogen and oxygen atoms in total. The Hall–Kier alpha value is -3.28. The van der Waals surface area contributed by atoms with Gasteiger partial charge in [0.05, 0.1) is 16.7 Å². The van der Waals surface area contributed by atoms with Crippen LogP contribution < -0.4 is 15.5 Å². The molecule has 0 bridgehead atoms. The molecule has 1 heterocycles. The molecule has 208 valence electrons. The van der Waals surface area contributed by atoms with Crippen LogP contribution in [0.15, 0.2) is 36.4 Å². The van der Waals surface area contributed by atoms with E-state index in [0.29, 0.717) is 56.4 Å². The van der Waals surface area contributed by atoms with E-state index in [0.717, 1.165) is 12.8 Å². The standard InChI is InChI=1S/C26H29F6N3O3/c1-16-6-9-35(10-7-16)22-5-4-20(15-21(22)24(37)33-8-3-11-38-2)34-23(36)17-12-18(25(27,28)29)14-19(13-17)26(30,31)32/h4-5,12-16H,3,6-11H2,1-2H3,(H,33,37)(H,34,36). The molecule has 2 N–H and O–H groups in total. The van der Waals surface area contributed by atoms with Gasteiger partial charge in [0, 0.05) is 50.3 Å². The van der Waals surface area contributed by atoms with Crippen LogP contribution in [-0.2, 0) is 17.1 Å². The molecule has 0 saturated carbocycles. The highest BCUT2D eigenvalue weighted by atomic mass is 19.4. The fourth-order valence-corrected chi connectivity index (χ4v) is 4.12. The number of benzene rings is 2. The number of halogens is 6. The maximum Gasteiger partial charge on any atom is 0.416 e. The van der Waals surface area contributed by atoms with E-state index in [1.165, 1.54) is 19.2 Å². The SMILES string of the molecule is COCCCNC(=O)c1cc(NC(=O)c2cc(C(F)(F)F)cc(C(F)(F)F)c2)ccc1N1CCC(C)CC1. The zero-order chi connectivity index (χ0) is 28.1. The Morgan fingerprint density at radius 3 is 2.11 bits per heavy atom. The van der Waals surface area contributed by atoms with Crippen molar-refractivity contribution in [2.24, 2.45) is 5.92 Å². The van der Waals surface area contributed by atoms with Crippen molar-refractivity contribution in [1.29, 1.82) is 0 Å².